The van der Waals surface area contributed by atoms with E-state index < -0.39 is 11.8 Å². The molecule has 0 radical (unpaired) electrons. The van der Waals surface area contributed by atoms with Gasteiger partial charge in [-0.2, -0.15) is 0 Å². The minimum Gasteiger partial charge on any atom is -0.378 e. The lowest BCUT2D eigenvalue weighted by molar-refractivity contribution is 0.0302. The van der Waals surface area contributed by atoms with Gasteiger partial charge in [-0.25, -0.2) is 0 Å². The van der Waals surface area contributed by atoms with Crippen LogP contribution in [0.25, 0.3) is 54.5 Å². The van der Waals surface area contributed by atoms with Gasteiger partial charge in [0.15, 0.2) is 0 Å². The number of carbonyl (C=O) groups is 8. The molecule has 10 aromatic carbocycles. The molecule has 15 aromatic rings. The summed E-state index contributed by atoms with van der Waals surface area (Å²) in [5, 5.41) is 21.3. The Morgan fingerprint density at radius 3 is 1.08 bits per heavy atom. The van der Waals surface area contributed by atoms with Crippen molar-refractivity contribution >= 4 is 142 Å². The van der Waals surface area contributed by atoms with Gasteiger partial charge in [-0.05, 0) is 208 Å². The molecule has 5 aromatic heterocycles. The molecule has 0 saturated carbocycles. The molecule has 618 valence electrons. The van der Waals surface area contributed by atoms with Crippen LogP contribution in [0.4, 0.5) is 5.69 Å². The lowest BCUT2D eigenvalue weighted by Gasteiger charge is -2.27. The number of hydrogen-bond acceptors (Lipinski definition) is 10. The number of anilines is 1. The van der Waals surface area contributed by atoms with Crippen LogP contribution in [0.1, 0.15) is 170 Å². The molecule has 23 nitrogen and oxygen atoms in total. The van der Waals surface area contributed by atoms with Crippen LogP contribution in [0.5, 0.6) is 0 Å². The number of nitrogens with one attached hydrogen (secondary N) is 10. The molecule has 1 saturated heterocycles. The number of nitrogens with zero attached hydrogens (tertiary/aromatic N) is 2. The predicted octanol–water partition coefficient (Wildman–Crippen LogP) is 17.9. The summed E-state index contributed by atoms with van der Waals surface area (Å²) in [5.74, 6) is -1.80. The van der Waals surface area contributed by atoms with Crippen LogP contribution in [0.2, 0.25) is 15.1 Å². The van der Waals surface area contributed by atoms with Crippen molar-refractivity contribution < 1.29 is 43.1 Å². The molecular weight excluding hydrogens is 1590 g/mol. The second-order valence-electron chi connectivity index (χ2n) is 29.6. The summed E-state index contributed by atoms with van der Waals surface area (Å²) in [6.45, 7) is 12.1. The topological polar surface area (TPSA) is 343 Å². The van der Waals surface area contributed by atoms with Gasteiger partial charge in [-0.3, -0.25) is 38.4 Å². The molecule has 16 rings (SSSR count). The summed E-state index contributed by atoms with van der Waals surface area (Å²) >= 11 is 18.0. The van der Waals surface area contributed by atoms with Gasteiger partial charge in [0.1, 0.15) is 28.5 Å². The van der Waals surface area contributed by atoms with Gasteiger partial charge in [0, 0.05) is 125 Å². The van der Waals surface area contributed by atoms with E-state index in [0.717, 1.165) is 83.4 Å². The fourth-order valence-electron chi connectivity index (χ4n) is 13.6. The van der Waals surface area contributed by atoms with Crippen molar-refractivity contribution in [2.45, 2.75) is 71.2 Å². The molecular formula is C95H93Cl3N14O9. The molecule has 1 aliphatic rings. The van der Waals surface area contributed by atoms with Gasteiger partial charge in [0.05, 0.1) is 37.4 Å². The molecule has 5 atom stereocenters. The number of morpholine rings is 1. The smallest absolute Gasteiger partial charge is 0.268 e. The molecule has 5 unspecified atom stereocenters. The van der Waals surface area contributed by atoms with Crippen molar-refractivity contribution in [1.82, 2.24) is 56.4 Å². The Hall–Kier alpha value is -13.7. The van der Waals surface area contributed by atoms with Gasteiger partial charge in [-0.15, -0.1) is 0 Å². The van der Waals surface area contributed by atoms with Crippen LogP contribution < -0.4 is 43.0 Å². The highest BCUT2D eigenvalue weighted by molar-refractivity contribution is 6.32. The third-order valence-electron chi connectivity index (χ3n) is 20.4. The van der Waals surface area contributed by atoms with Crippen molar-refractivity contribution in [2.24, 2.45) is 11.5 Å². The zero-order valence-corrected chi connectivity index (χ0v) is 69.9. The first kappa shape index (κ1) is 86.6. The maximum absolute atomic E-state index is 12.6. The first-order valence-corrected chi connectivity index (χ1v) is 40.4. The number of halogens is 3. The summed E-state index contributed by atoms with van der Waals surface area (Å²) in [6, 6.07) is 80.2. The number of carbonyl (C=O) groups excluding carboxylic acids is 8. The maximum atomic E-state index is 12.6. The van der Waals surface area contributed by atoms with Crippen LogP contribution in [0.15, 0.2) is 261 Å². The average Bonchev–Trinajstić information content (AvgIpc) is 1.63. The standard InChI is InChI=1S/C22H22ClN3O3.C19H20ClN3O.C18H17ClN2O.2C18H17N3O2/c1-14(24-21(27)20-13-17-12-18(23)6-7-19(17)25-20)15-2-4-16(5-3-15)22(28)26-8-10-29-11-9-26;1-12(13-4-7-16(8-5-13)23(2)3)21-19(24)18-11-14-10-15(20)6-9-17(14)22-18;1-12(9-13-5-3-2-4-6-13)20-18(22)17-11-14-10-15(19)7-8-16(14)21-17;1-11(12-5-3-2-4-6-12)20-18(23)16-10-14-9-13(17(19)22)7-8-15(14)21-16;1-11(12-5-3-2-4-6-12)20-18(23)16-9-13-7-8-14(17(19)22)10-15(13)21-16/h2-7,12-14,25H,8-11H2,1H3,(H,24,27);4-12,22H,1-3H3,(H,21,24);2-8,10-12,21H,9H2,1H3,(H,20,22);2*2-11,21H,1H3,(H2,19,22)(H,20,23). The largest absolute Gasteiger partial charge is 0.378 e. The van der Waals surface area contributed by atoms with Crippen molar-refractivity contribution in [3.63, 3.8) is 0 Å². The molecule has 6 heterocycles. The molecule has 8 amide bonds. The fraction of sp³-hybridized carbons (Fsp3) is 0.179. The zero-order valence-electron chi connectivity index (χ0n) is 67.6. The summed E-state index contributed by atoms with van der Waals surface area (Å²) < 4.78 is 5.29. The number of amides is 8. The number of ether oxygens (including phenoxy) is 1. The fourth-order valence-corrected chi connectivity index (χ4v) is 14.2. The number of H-pyrrole nitrogens is 5. The van der Waals surface area contributed by atoms with Gasteiger partial charge in [-0.1, -0.05) is 156 Å². The number of rotatable bonds is 20. The van der Waals surface area contributed by atoms with Crippen LogP contribution in [-0.4, -0.2) is 124 Å². The van der Waals surface area contributed by atoms with Crippen LogP contribution in [0.3, 0.4) is 0 Å². The van der Waals surface area contributed by atoms with Crippen molar-refractivity contribution in [3.8, 4) is 0 Å². The van der Waals surface area contributed by atoms with E-state index in [1.807, 2.05) is 217 Å². The Labute approximate surface area is 714 Å². The number of hydrogen-bond donors (Lipinski definition) is 12. The van der Waals surface area contributed by atoms with E-state index in [9.17, 15) is 38.4 Å². The Morgan fingerprint density at radius 2 is 0.686 bits per heavy atom. The molecule has 1 fully saturated rings. The first-order valence-electron chi connectivity index (χ1n) is 39.3. The maximum Gasteiger partial charge on any atom is 0.268 e. The van der Waals surface area contributed by atoms with E-state index in [1.165, 1.54) is 5.56 Å². The molecule has 0 aliphatic carbocycles. The normalized spacial score (nSPS) is 12.9. The van der Waals surface area contributed by atoms with Gasteiger partial charge in [0.25, 0.3) is 35.4 Å². The number of aromatic amines is 5. The molecule has 1 aliphatic heterocycles. The second kappa shape index (κ2) is 40.2. The van der Waals surface area contributed by atoms with Gasteiger partial charge in [0.2, 0.25) is 11.8 Å². The SMILES string of the molecule is CC(Cc1ccccc1)NC(=O)c1cc2cc(Cl)ccc2[nH]1.CC(NC(=O)c1cc2cc(C(N)=O)ccc2[nH]1)c1ccccc1.CC(NC(=O)c1cc2cc(Cl)ccc2[nH]1)c1ccc(C(=O)N2CCOCC2)cc1.CC(NC(=O)c1cc2cc(Cl)ccc2[nH]1)c1ccc(N(C)C)cc1.CC(NC(=O)c1cc2ccc(C(N)=O)cc2[nH]1)c1ccccc1. The summed E-state index contributed by atoms with van der Waals surface area (Å²) in [6.07, 6.45) is 0.804. The Bertz CT molecular complexity index is 6030. The third-order valence-corrected chi connectivity index (χ3v) is 21.1. The Kier molecular flexibility index (Phi) is 28.8. The molecule has 14 N–H and O–H groups in total. The zero-order chi connectivity index (χ0) is 86.0. The first-order chi connectivity index (χ1) is 58.1. The van der Waals surface area contributed by atoms with Crippen molar-refractivity contribution in [1.29, 1.82) is 0 Å². The van der Waals surface area contributed by atoms with E-state index in [4.69, 9.17) is 51.0 Å². The average molecular weight is 1680 g/mol. The van der Waals surface area contributed by atoms with E-state index in [0.29, 0.717) is 92.0 Å². The van der Waals surface area contributed by atoms with Crippen molar-refractivity contribution in [2.75, 3.05) is 45.3 Å². The van der Waals surface area contributed by atoms with E-state index in [-0.39, 0.29) is 65.7 Å². The second-order valence-corrected chi connectivity index (χ2v) is 30.9. The minimum absolute atomic E-state index is 0.00766. The summed E-state index contributed by atoms with van der Waals surface area (Å²) in [4.78, 5) is 116. The molecule has 0 spiro atoms. The van der Waals surface area contributed by atoms with Crippen LogP contribution in [-0.2, 0) is 11.2 Å². The van der Waals surface area contributed by atoms with Gasteiger partial charge < -0.3 is 77.5 Å². The highest BCUT2D eigenvalue weighted by Crippen LogP contribution is 2.28. The predicted molar refractivity (Wildman–Crippen MR) is 481 cm³/mol. The van der Waals surface area contributed by atoms with E-state index in [1.54, 1.807) is 89.8 Å². The highest BCUT2D eigenvalue weighted by Gasteiger charge is 2.23. The minimum atomic E-state index is -0.495. The van der Waals surface area contributed by atoms with Gasteiger partial charge >= 0.3 is 0 Å². The van der Waals surface area contributed by atoms with E-state index >= 15 is 0 Å². The van der Waals surface area contributed by atoms with Crippen LogP contribution >= 0.6 is 34.8 Å². The monoisotopic (exact) mass is 1680 g/mol. The Balaban J connectivity index is 0.000000139. The number of benzene rings is 10. The van der Waals surface area contributed by atoms with Crippen molar-refractivity contribution in [3.05, 3.63) is 349 Å². The number of primary amides is 2. The lowest BCUT2D eigenvalue weighted by atomic mass is 10.1. The summed E-state index contributed by atoms with van der Waals surface area (Å²) in [5.41, 5.74) is 25.0. The third kappa shape index (κ3) is 23.2. The molecule has 26 heteroatoms. The van der Waals surface area contributed by atoms with Crippen LogP contribution in [0, 0.1) is 0 Å². The highest BCUT2D eigenvalue weighted by atomic mass is 35.5. The number of aromatic nitrogens is 5. The van der Waals surface area contributed by atoms with E-state index in [2.05, 4.69) is 63.6 Å². The lowest BCUT2D eigenvalue weighted by Crippen LogP contribution is -2.40. The number of nitrogens with two attached hydrogens (primary N) is 2. The Morgan fingerprint density at radius 1 is 0.364 bits per heavy atom. The molecule has 121 heavy (non-hydrogen) atoms. The summed E-state index contributed by atoms with van der Waals surface area (Å²) in [7, 11) is 4.00. The quantitative estimate of drug-likeness (QED) is 0.0342. The molecule has 0 bridgehead atoms. The number of fused-ring (bicyclic) bond motifs is 5.